The van der Waals surface area contributed by atoms with Crippen molar-refractivity contribution in [3.63, 3.8) is 0 Å². The van der Waals surface area contributed by atoms with Crippen LogP contribution in [0, 0.1) is 6.92 Å². The van der Waals surface area contributed by atoms with Gasteiger partial charge in [-0.05, 0) is 20.8 Å². The third-order valence-electron chi connectivity index (χ3n) is 2.81. The van der Waals surface area contributed by atoms with Gasteiger partial charge >= 0.3 is 0 Å². The molecule has 0 saturated carbocycles. The van der Waals surface area contributed by atoms with Crippen molar-refractivity contribution in [2.24, 2.45) is 0 Å². The van der Waals surface area contributed by atoms with Crippen molar-refractivity contribution < 1.29 is 0 Å². The Bertz CT molecular complexity index is 494. The number of anilines is 1. The quantitative estimate of drug-likeness (QED) is 0.854. The first kappa shape index (κ1) is 10.7. The SMILES string of the molecule is CCn1cncc1-c1nc(C)n(CC)c1N. The molecule has 86 valence electrons. The number of imidazole rings is 2. The monoisotopic (exact) mass is 219 g/mol. The number of aromatic nitrogens is 4. The fourth-order valence-corrected chi connectivity index (χ4v) is 1.94. The zero-order chi connectivity index (χ0) is 11.7. The lowest BCUT2D eigenvalue weighted by Gasteiger charge is -2.05. The summed E-state index contributed by atoms with van der Waals surface area (Å²) in [6.07, 6.45) is 3.61. The predicted molar refractivity (Wildman–Crippen MR) is 63.9 cm³/mol. The van der Waals surface area contributed by atoms with Crippen molar-refractivity contribution in [3.05, 3.63) is 18.3 Å². The Morgan fingerprint density at radius 1 is 1.31 bits per heavy atom. The van der Waals surface area contributed by atoms with Gasteiger partial charge in [0.2, 0.25) is 0 Å². The van der Waals surface area contributed by atoms with Crippen LogP contribution in [0.25, 0.3) is 11.4 Å². The molecule has 5 nitrogen and oxygen atoms in total. The summed E-state index contributed by atoms with van der Waals surface area (Å²) in [5.41, 5.74) is 7.90. The molecule has 0 radical (unpaired) electrons. The Balaban J connectivity index is 2.56. The van der Waals surface area contributed by atoms with Gasteiger partial charge in [0.05, 0.1) is 18.2 Å². The topological polar surface area (TPSA) is 61.7 Å². The normalized spacial score (nSPS) is 10.9. The lowest BCUT2D eigenvalue weighted by Crippen LogP contribution is -2.03. The van der Waals surface area contributed by atoms with Gasteiger partial charge in [0.1, 0.15) is 17.3 Å². The van der Waals surface area contributed by atoms with Crippen molar-refractivity contribution in [1.82, 2.24) is 19.1 Å². The van der Waals surface area contributed by atoms with Gasteiger partial charge in [0, 0.05) is 13.1 Å². The van der Waals surface area contributed by atoms with E-state index in [1.54, 1.807) is 6.33 Å². The van der Waals surface area contributed by atoms with Crippen molar-refractivity contribution in [2.45, 2.75) is 33.9 Å². The van der Waals surface area contributed by atoms with Crippen LogP contribution in [0.3, 0.4) is 0 Å². The Morgan fingerprint density at radius 3 is 2.62 bits per heavy atom. The average Bonchev–Trinajstić information content (AvgIpc) is 2.83. The molecule has 0 bridgehead atoms. The summed E-state index contributed by atoms with van der Waals surface area (Å²) in [7, 11) is 0. The molecule has 0 aromatic carbocycles. The number of rotatable bonds is 3. The van der Waals surface area contributed by atoms with Crippen LogP contribution in [-0.2, 0) is 13.1 Å². The van der Waals surface area contributed by atoms with Gasteiger partial charge in [-0.3, -0.25) is 0 Å². The highest BCUT2D eigenvalue weighted by atomic mass is 15.2. The van der Waals surface area contributed by atoms with Gasteiger partial charge in [0.15, 0.2) is 0 Å². The molecule has 0 amide bonds. The Kier molecular flexibility index (Phi) is 2.68. The molecule has 2 aromatic heterocycles. The minimum atomic E-state index is 0.718. The lowest BCUT2D eigenvalue weighted by molar-refractivity contribution is 0.739. The van der Waals surface area contributed by atoms with E-state index < -0.39 is 0 Å². The molecule has 2 aromatic rings. The lowest BCUT2D eigenvalue weighted by atomic mass is 10.3. The average molecular weight is 219 g/mol. The second-order valence-electron chi connectivity index (χ2n) is 3.70. The molecule has 0 aliphatic heterocycles. The third-order valence-corrected chi connectivity index (χ3v) is 2.81. The summed E-state index contributed by atoms with van der Waals surface area (Å²) in [4.78, 5) is 8.64. The first-order chi connectivity index (χ1) is 7.69. The molecule has 2 N–H and O–H groups in total. The highest BCUT2D eigenvalue weighted by Crippen LogP contribution is 2.25. The number of nitrogens with zero attached hydrogens (tertiary/aromatic N) is 4. The Labute approximate surface area is 94.9 Å². The first-order valence-electron chi connectivity index (χ1n) is 5.52. The van der Waals surface area contributed by atoms with E-state index in [9.17, 15) is 0 Å². The van der Waals surface area contributed by atoms with Crippen LogP contribution in [0.5, 0.6) is 0 Å². The Hall–Kier alpha value is -1.78. The maximum atomic E-state index is 6.09. The minimum absolute atomic E-state index is 0.718. The van der Waals surface area contributed by atoms with Crippen molar-refractivity contribution in [2.75, 3.05) is 5.73 Å². The van der Waals surface area contributed by atoms with E-state index in [4.69, 9.17) is 5.73 Å². The molecule has 2 heterocycles. The fourth-order valence-electron chi connectivity index (χ4n) is 1.94. The van der Waals surface area contributed by atoms with Crippen molar-refractivity contribution >= 4 is 5.82 Å². The number of nitrogen functional groups attached to an aromatic ring is 1. The van der Waals surface area contributed by atoms with E-state index in [-0.39, 0.29) is 0 Å². The third kappa shape index (κ3) is 1.48. The Morgan fingerprint density at radius 2 is 2.06 bits per heavy atom. The highest BCUT2D eigenvalue weighted by Gasteiger charge is 2.15. The van der Waals surface area contributed by atoms with Gasteiger partial charge in [-0.1, -0.05) is 0 Å². The second kappa shape index (κ2) is 4.00. The molecule has 0 aliphatic rings. The van der Waals surface area contributed by atoms with Crippen LogP contribution in [0.2, 0.25) is 0 Å². The summed E-state index contributed by atoms with van der Waals surface area (Å²) in [6, 6.07) is 0. The number of hydrogen-bond acceptors (Lipinski definition) is 3. The van der Waals surface area contributed by atoms with Crippen LogP contribution in [0.1, 0.15) is 19.7 Å². The van der Waals surface area contributed by atoms with Crippen LogP contribution < -0.4 is 5.73 Å². The first-order valence-corrected chi connectivity index (χ1v) is 5.52. The van der Waals surface area contributed by atoms with Gasteiger partial charge in [-0.25, -0.2) is 9.97 Å². The maximum absolute atomic E-state index is 6.09. The molecule has 5 heteroatoms. The molecular weight excluding hydrogens is 202 g/mol. The molecule has 0 unspecified atom stereocenters. The van der Waals surface area contributed by atoms with E-state index >= 15 is 0 Å². The molecule has 0 spiro atoms. The van der Waals surface area contributed by atoms with Crippen molar-refractivity contribution in [1.29, 1.82) is 0 Å². The van der Waals surface area contributed by atoms with E-state index in [2.05, 4.69) is 23.8 Å². The fraction of sp³-hybridized carbons (Fsp3) is 0.455. The van der Waals surface area contributed by atoms with Crippen molar-refractivity contribution in [3.8, 4) is 11.4 Å². The highest BCUT2D eigenvalue weighted by molar-refractivity contribution is 5.67. The smallest absolute Gasteiger partial charge is 0.133 e. The van der Waals surface area contributed by atoms with Crippen LogP contribution >= 0.6 is 0 Å². The molecule has 16 heavy (non-hydrogen) atoms. The molecule has 2 rings (SSSR count). The summed E-state index contributed by atoms with van der Waals surface area (Å²) in [5.74, 6) is 1.66. The van der Waals surface area contributed by atoms with E-state index in [0.29, 0.717) is 0 Å². The number of nitrogens with two attached hydrogens (primary N) is 1. The molecule has 0 aliphatic carbocycles. The number of aryl methyl sites for hydroxylation is 2. The largest absolute Gasteiger partial charge is 0.383 e. The van der Waals surface area contributed by atoms with Crippen LogP contribution in [-0.4, -0.2) is 19.1 Å². The van der Waals surface area contributed by atoms with Gasteiger partial charge < -0.3 is 14.9 Å². The van der Waals surface area contributed by atoms with E-state index in [1.807, 2.05) is 22.3 Å². The molecule has 0 atom stereocenters. The summed E-state index contributed by atoms with van der Waals surface area (Å²) in [6.45, 7) is 7.81. The standard InChI is InChI=1S/C11H17N5/c1-4-15-7-13-6-9(15)10-11(12)16(5-2)8(3)14-10/h6-7H,4-5,12H2,1-3H3. The molecule has 0 fully saturated rings. The summed E-state index contributed by atoms with van der Waals surface area (Å²) in [5, 5.41) is 0. The van der Waals surface area contributed by atoms with Crippen LogP contribution in [0.4, 0.5) is 5.82 Å². The van der Waals surface area contributed by atoms with Gasteiger partial charge in [-0.2, -0.15) is 0 Å². The zero-order valence-corrected chi connectivity index (χ0v) is 9.94. The second-order valence-corrected chi connectivity index (χ2v) is 3.70. The summed E-state index contributed by atoms with van der Waals surface area (Å²) < 4.78 is 4.04. The minimum Gasteiger partial charge on any atom is -0.383 e. The predicted octanol–water partition coefficient (Wildman–Crippen LogP) is 1.68. The van der Waals surface area contributed by atoms with Gasteiger partial charge in [0.25, 0.3) is 0 Å². The zero-order valence-electron chi connectivity index (χ0n) is 9.94. The molecular formula is C11H17N5. The number of hydrogen-bond donors (Lipinski definition) is 1. The maximum Gasteiger partial charge on any atom is 0.133 e. The molecule has 0 saturated heterocycles. The van der Waals surface area contributed by atoms with E-state index in [1.165, 1.54) is 0 Å². The summed E-state index contributed by atoms with van der Waals surface area (Å²) >= 11 is 0. The van der Waals surface area contributed by atoms with Crippen LogP contribution in [0.15, 0.2) is 12.5 Å². The van der Waals surface area contributed by atoms with E-state index in [0.717, 1.165) is 36.1 Å². The van der Waals surface area contributed by atoms with Gasteiger partial charge in [-0.15, -0.1) is 0 Å².